The molecular weight excluding hydrogens is 352 g/mol. The van der Waals surface area contributed by atoms with Crippen molar-refractivity contribution in [2.45, 2.75) is 13.5 Å². The number of carbonyl (C=O) groups is 1. The van der Waals surface area contributed by atoms with Crippen LogP contribution in [0.2, 0.25) is 0 Å². The number of terminal acetylenes is 1. The highest BCUT2D eigenvalue weighted by molar-refractivity contribution is 7.16. The van der Waals surface area contributed by atoms with Gasteiger partial charge in [0.15, 0.2) is 4.80 Å². The summed E-state index contributed by atoms with van der Waals surface area (Å²) in [5, 5.41) is 4.10. The van der Waals surface area contributed by atoms with Crippen LogP contribution >= 0.6 is 11.3 Å². The number of thiazole rings is 1. The first-order chi connectivity index (χ1) is 12.5. The van der Waals surface area contributed by atoms with E-state index in [9.17, 15) is 4.79 Å². The van der Waals surface area contributed by atoms with Gasteiger partial charge in [-0.3, -0.25) is 9.48 Å². The van der Waals surface area contributed by atoms with Crippen LogP contribution < -0.4 is 14.3 Å². The van der Waals surface area contributed by atoms with E-state index in [1.807, 2.05) is 13.0 Å². The van der Waals surface area contributed by atoms with E-state index in [1.54, 1.807) is 38.1 Å². The second kappa shape index (κ2) is 7.06. The molecule has 26 heavy (non-hydrogen) atoms. The van der Waals surface area contributed by atoms with Crippen molar-refractivity contribution < 1.29 is 14.3 Å². The summed E-state index contributed by atoms with van der Waals surface area (Å²) in [5.41, 5.74) is 1.96. The maximum atomic E-state index is 12.7. The van der Waals surface area contributed by atoms with Gasteiger partial charge in [-0.15, -0.1) is 6.42 Å². The van der Waals surface area contributed by atoms with E-state index >= 15 is 0 Å². The summed E-state index contributed by atoms with van der Waals surface area (Å²) in [7, 11) is 4.88. The molecule has 8 heteroatoms. The molecule has 0 atom stereocenters. The maximum absolute atomic E-state index is 12.7. The number of methoxy groups -OCH3 is 2. The van der Waals surface area contributed by atoms with Gasteiger partial charge in [-0.1, -0.05) is 17.3 Å². The van der Waals surface area contributed by atoms with E-state index in [0.717, 1.165) is 15.8 Å². The van der Waals surface area contributed by atoms with Gasteiger partial charge in [-0.2, -0.15) is 10.1 Å². The molecule has 0 bridgehead atoms. The quantitative estimate of drug-likeness (QED) is 0.660. The molecular formula is C18H18N4O3S. The zero-order valence-electron chi connectivity index (χ0n) is 14.9. The van der Waals surface area contributed by atoms with Gasteiger partial charge in [-0.25, -0.2) is 0 Å². The zero-order valence-corrected chi connectivity index (χ0v) is 15.8. The Bertz CT molecular complexity index is 1080. The van der Waals surface area contributed by atoms with Crippen LogP contribution in [0.1, 0.15) is 16.1 Å². The lowest BCUT2D eigenvalue weighted by Gasteiger charge is -2.08. The molecule has 2 aromatic heterocycles. The van der Waals surface area contributed by atoms with Crippen molar-refractivity contribution in [1.29, 1.82) is 0 Å². The van der Waals surface area contributed by atoms with E-state index in [1.165, 1.54) is 16.0 Å². The molecule has 0 saturated heterocycles. The van der Waals surface area contributed by atoms with Crippen LogP contribution in [0.3, 0.4) is 0 Å². The molecule has 0 radical (unpaired) electrons. The van der Waals surface area contributed by atoms with Gasteiger partial charge in [0.25, 0.3) is 5.91 Å². The number of aryl methyl sites for hydroxylation is 2. The van der Waals surface area contributed by atoms with Crippen LogP contribution in [0.15, 0.2) is 23.3 Å². The highest BCUT2D eigenvalue weighted by Crippen LogP contribution is 2.35. The normalized spacial score (nSPS) is 11.6. The standard InChI is InChI=1S/C18H18N4O3S/c1-6-9-22-15-12(24-4)7-8-13(25-5)16(15)26-18(22)20-17(23)14-11(2)10-19-21(14)3/h1,7-8,10H,9H2,2-5H3. The van der Waals surface area contributed by atoms with Crippen LogP contribution in [0.5, 0.6) is 11.5 Å². The van der Waals surface area contributed by atoms with Crippen molar-refractivity contribution in [2.75, 3.05) is 14.2 Å². The van der Waals surface area contributed by atoms with E-state index in [2.05, 4.69) is 16.0 Å². The Morgan fingerprint density at radius 3 is 2.62 bits per heavy atom. The Hall–Kier alpha value is -3.05. The molecule has 134 valence electrons. The molecule has 7 nitrogen and oxygen atoms in total. The van der Waals surface area contributed by atoms with Gasteiger partial charge in [0.05, 0.1) is 27.0 Å². The van der Waals surface area contributed by atoms with Gasteiger partial charge in [-0.05, 0) is 19.1 Å². The lowest BCUT2D eigenvalue weighted by atomic mass is 10.2. The van der Waals surface area contributed by atoms with Crippen LogP contribution in [0.25, 0.3) is 10.2 Å². The molecule has 0 unspecified atom stereocenters. The molecule has 0 N–H and O–H groups in total. The third-order valence-corrected chi connectivity index (χ3v) is 5.06. The number of carbonyl (C=O) groups excluding carboxylic acids is 1. The third-order valence-electron chi connectivity index (χ3n) is 3.96. The molecule has 2 heterocycles. The van der Waals surface area contributed by atoms with Gasteiger partial charge in [0, 0.05) is 12.6 Å². The lowest BCUT2D eigenvalue weighted by Crippen LogP contribution is -2.18. The Balaban J connectivity index is 2.31. The smallest absolute Gasteiger partial charge is 0.298 e. The van der Waals surface area contributed by atoms with Crippen LogP contribution in [-0.2, 0) is 13.6 Å². The van der Waals surface area contributed by atoms with E-state index < -0.39 is 0 Å². The second-order valence-corrected chi connectivity index (χ2v) is 6.52. The van der Waals surface area contributed by atoms with Crippen molar-refractivity contribution in [2.24, 2.45) is 12.0 Å². The predicted molar refractivity (Wildman–Crippen MR) is 99.6 cm³/mol. The number of hydrogen-bond acceptors (Lipinski definition) is 5. The summed E-state index contributed by atoms with van der Waals surface area (Å²) in [6.45, 7) is 2.07. The number of fused-ring (bicyclic) bond motifs is 1. The summed E-state index contributed by atoms with van der Waals surface area (Å²) < 4.78 is 15.0. The molecule has 0 fully saturated rings. The zero-order chi connectivity index (χ0) is 18.8. The molecule has 0 aliphatic heterocycles. The second-order valence-electron chi connectivity index (χ2n) is 5.54. The molecule has 0 spiro atoms. The van der Waals surface area contributed by atoms with Crippen molar-refractivity contribution in [3.63, 3.8) is 0 Å². The van der Waals surface area contributed by atoms with Crippen LogP contribution in [-0.4, -0.2) is 34.5 Å². The first-order valence-corrected chi connectivity index (χ1v) is 8.58. The van der Waals surface area contributed by atoms with Crippen LogP contribution in [0.4, 0.5) is 0 Å². The average molecular weight is 370 g/mol. The fourth-order valence-corrected chi connectivity index (χ4v) is 3.91. The van der Waals surface area contributed by atoms with Gasteiger partial charge in [0.1, 0.15) is 27.4 Å². The van der Waals surface area contributed by atoms with E-state index in [-0.39, 0.29) is 12.5 Å². The van der Waals surface area contributed by atoms with Crippen molar-refractivity contribution in [1.82, 2.24) is 14.3 Å². The number of ether oxygens (including phenoxy) is 2. The summed E-state index contributed by atoms with van der Waals surface area (Å²) in [6.07, 6.45) is 7.17. The van der Waals surface area contributed by atoms with Crippen molar-refractivity contribution in [3.05, 3.63) is 34.4 Å². The molecule has 1 amide bonds. The SMILES string of the molecule is C#CCn1c(=NC(=O)c2c(C)cnn2C)sc2c(OC)ccc(OC)c21. The minimum absolute atomic E-state index is 0.250. The molecule has 0 aliphatic rings. The predicted octanol–water partition coefficient (Wildman–Crippen LogP) is 2.14. The Morgan fingerprint density at radius 1 is 1.35 bits per heavy atom. The Labute approximate surface area is 154 Å². The highest BCUT2D eigenvalue weighted by atomic mass is 32.1. The summed E-state index contributed by atoms with van der Waals surface area (Å²) in [6, 6.07) is 3.62. The number of amides is 1. The van der Waals surface area contributed by atoms with E-state index in [4.69, 9.17) is 15.9 Å². The molecule has 3 rings (SSSR count). The largest absolute Gasteiger partial charge is 0.495 e. The van der Waals surface area contributed by atoms with Gasteiger partial charge >= 0.3 is 0 Å². The summed E-state index contributed by atoms with van der Waals surface area (Å²) >= 11 is 1.33. The number of aromatic nitrogens is 3. The van der Waals surface area contributed by atoms with Crippen molar-refractivity contribution in [3.8, 4) is 23.8 Å². The van der Waals surface area contributed by atoms with Crippen molar-refractivity contribution >= 4 is 27.5 Å². The fourth-order valence-electron chi connectivity index (χ4n) is 2.77. The summed E-state index contributed by atoms with van der Waals surface area (Å²) in [4.78, 5) is 17.5. The molecule has 0 saturated carbocycles. The third kappa shape index (κ3) is 2.86. The minimum Gasteiger partial charge on any atom is -0.495 e. The van der Waals surface area contributed by atoms with Gasteiger partial charge < -0.3 is 14.0 Å². The molecule has 3 aromatic rings. The van der Waals surface area contributed by atoms with E-state index in [0.29, 0.717) is 22.0 Å². The number of hydrogen-bond donors (Lipinski definition) is 0. The molecule has 1 aromatic carbocycles. The molecule has 0 aliphatic carbocycles. The monoisotopic (exact) mass is 370 g/mol. The maximum Gasteiger partial charge on any atom is 0.298 e. The lowest BCUT2D eigenvalue weighted by molar-refractivity contribution is 0.0988. The van der Waals surface area contributed by atoms with Crippen LogP contribution in [0, 0.1) is 19.3 Å². The Morgan fingerprint density at radius 2 is 2.04 bits per heavy atom. The average Bonchev–Trinajstić information content (AvgIpc) is 3.15. The summed E-state index contributed by atoms with van der Waals surface area (Å²) in [5.74, 6) is 3.54. The number of rotatable bonds is 4. The Kier molecular flexibility index (Phi) is 4.82. The number of benzene rings is 1. The minimum atomic E-state index is -0.377. The first-order valence-electron chi connectivity index (χ1n) is 7.77. The highest BCUT2D eigenvalue weighted by Gasteiger charge is 2.18. The van der Waals surface area contributed by atoms with Gasteiger partial charge in [0.2, 0.25) is 0 Å². The number of nitrogens with zero attached hydrogens (tertiary/aromatic N) is 4. The fraction of sp³-hybridized carbons (Fsp3) is 0.278. The topological polar surface area (TPSA) is 70.6 Å². The first kappa shape index (κ1) is 17.8.